The number of benzene rings is 2. The number of amides is 2. The number of carbonyl (C=O) groups excluding carboxylic acids is 3. The molecule has 2 aromatic carbocycles. The van der Waals surface area contributed by atoms with Gasteiger partial charge in [0.25, 0.3) is 5.91 Å². The van der Waals surface area contributed by atoms with Crippen LogP contribution in [0.15, 0.2) is 42.5 Å². The summed E-state index contributed by atoms with van der Waals surface area (Å²) in [6.07, 6.45) is 2.60. The van der Waals surface area contributed by atoms with Crippen molar-refractivity contribution in [2.75, 3.05) is 27.3 Å². The molecule has 0 radical (unpaired) electrons. The third-order valence-electron chi connectivity index (χ3n) is 7.20. The Hall–Kier alpha value is -3.43. The average Bonchev–Trinajstić information content (AvgIpc) is 3.25. The fraction of sp³-hybridized carbons (Fsp3) is 0.464. The van der Waals surface area contributed by atoms with Crippen LogP contribution in [0.1, 0.15) is 52.7 Å². The molecule has 2 aliphatic heterocycles. The number of ether oxygens (including phenoxy) is 3. The number of primary amides is 1. The van der Waals surface area contributed by atoms with E-state index in [4.69, 9.17) is 15.2 Å². The Bertz CT molecular complexity index is 1110. The Balaban J connectivity index is 1.36. The molecular weight excluding hydrogens is 474 g/mol. The van der Waals surface area contributed by atoms with Gasteiger partial charge in [-0.2, -0.15) is 0 Å². The molecule has 2 N–H and O–H groups in total. The molecule has 0 aliphatic carbocycles. The van der Waals surface area contributed by atoms with Crippen molar-refractivity contribution in [1.82, 2.24) is 9.80 Å². The van der Waals surface area contributed by atoms with Crippen LogP contribution in [0.5, 0.6) is 5.75 Å². The Morgan fingerprint density at radius 2 is 1.76 bits per heavy atom. The summed E-state index contributed by atoms with van der Waals surface area (Å²) in [4.78, 5) is 40.6. The minimum atomic E-state index is -0.903. The molecular formula is C28H35N3O6. The number of likely N-dealkylation sites (tertiary alicyclic amines) is 1. The molecule has 1 saturated heterocycles. The minimum absolute atomic E-state index is 0.00494. The fourth-order valence-corrected chi connectivity index (χ4v) is 4.98. The molecule has 37 heavy (non-hydrogen) atoms. The quantitative estimate of drug-likeness (QED) is 0.464. The second kappa shape index (κ2) is 12.2. The molecule has 1 fully saturated rings. The monoisotopic (exact) mass is 509 g/mol. The minimum Gasteiger partial charge on any atom is -0.489 e. The summed E-state index contributed by atoms with van der Waals surface area (Å²) in [6, 6.07) is 12.8. The highest BCUT2D eigenvalue weighted by Crippen LogP contribution is 2.33. The molecule has 0 saturated carbocycles. The predicted octanol–water partition coefficient (Wildman–Crippen LogP) is 2.64. The summed E-state index contributed by atoms with van der Waals surface area (Å²) < 4.78 is 16.2. The second-order valence-electron chi connectivity index (χ2n) is 9.56. The van der Waals surface area contributed by atoms with Crippen molar-refractivity contribution in [3.63, 3.8) is 0 Å². The zero-order valence-electron chi connectivity index (χ0n) is 21.5. The topological polar surface area (TPSA) is 111 Å². The van der Waals surface area contributed by atoms with Crippen molar-refractivity contribution in [2.45, 2.75) is 57.5 Å². The van der Waals surface area contributed by atoms with Crippen molar-refractivity contribution >= 4 is 17.8 Å². The first-order chi connectivity index (χ1) is 17.9. The SMILES string of the molecule is COC(=O)CCC(C(N)=O)N1Cc2c(OCc3ccc(CN4CCC(OC)CC4)cc3)cccc2C1=O. The summed E-state index contributed by atoms with van der Waals surface area (Å²) in [5.41, 5.74) is 9.05. The Morgan fingerprint density at radius 3 is 2.41 bits per heavy atom. The number of hydrogen-bond acceptors (Lipinski definition) is 7. The van der Waals surface area contributed by atoms with Crippen LogP contribution in [-0.4, -0.2) is 67.0 Å². The zero-order valence-corrected chi connectivity index (χ0v) is 21.5. The van der Waals surface area contributed by atoms with Gasteiger partial charge in [-0.1, -0.05) is 30.3 Å². The van der Waals surface area contributed by atoms with E-state index in [1.165, 1.54) is 17.6 Å². The standard InChI is InChI=1S/C28H35N3O6/c1-35-21-12-14-30(15-13-21)16-19-6-8-20(9-7-19)18-37-25-5-3-4-22-23(25)17-31(28(22)34)24(27(29)33)10-11-26(32)36-2/h3-9,21,24H,10-18H2,1-2H3,(H2,29,33). The maximum absolute atomic E-state index is 13.1. The van der Waals surface area contributed by atoms with Gasteiger partial charge in [0, 0.05) is 44.3 Å². The Kier molecular flexibility index (Phi) is 8.78. The first-order valence-electron chi connectivity index (χ1n) is 12.6. The average molecular weight is 510 g/mol. The molecule has 0 spiro atoms. The second-order valence-corrected chi connectivity index (χ2v) is 9.56. The molecule has 1 unspecified atom stereocenters. The van der Waals surface area contributed by atoms with Crippen LogP contribution in [0.3, 0.4) is 0 Å². The highest BCUT2D eigenvalue weighted by Gasteiger charge is 2.37. The van der Waals surface area contributed by atoms with Gasteiger partial charge in [-0.15, -0.1) is 0 Å². The van der Waals surface area contributed by atoms with Crippen molar-refractivity contribution in [1.29, 1.82) is 0 Å². The van der Waals surface area contributed by atoms with Crippen LogP contribution in [0.25, 0.3) is 0 Å². The van der Waals surface area contributed by atoms with Crippen molar-refractivity contribution in [3.8, 4) is 5.75 Å². The highest BCUT2D eigenvalue weighted by atomic mass is 16.5. The normalized spacial score (nSPS) is 16.9. The molecule has 198 valence electrons. The summed E-state index contributed by atoms with van der Waals surface area (Å²) >= 11 is 0. The van der Waals surface area contributed by atoms with Crippen LogP contribution in [0.2, 0.25) is 0 Å². The van der Waals surface area contributed by atoms with E-state index in [0.717, 1.165) is 38.0 Å². The highest BCUT2D eigenvalue weighted by molar-refractivity contribution is 6.01. The Labute approximate surface area is 217 Å². The van der Waals surface area contributed by atoms with Crippen LogP contribution in [0, 0.1) is 0 Å². The van der Waals surface area contributed by atoms with Gasteiger partial charge in [-0.3, -0.25) is 19.3 Å². The number of hydrogen-bond donors (Lipinski definition) is 1. The van der Waals surface area contributed by atoms with Gasteiger partial charge in [0.2, 0.25) is 5.91 Å². The largest absolute Gasteiger partial charge is 0.489 e. The summed E-state index contributed by atoms with van der Waals surface area (Å²) in [5, 5.41) is 0. The number of nitrogens with two attached hydrogens (primary N) is 1. The van der Waals surface area contributed by atoms with Gasteiger partial charge >= 0.3 is 5.97 Å². The molecule has 0 aromatic heterocycles. The van der Waals surface area contributed by atoms with Gasteiger partial charge < -0.3 is 24.8 Å². The molecule has 2 aliphatic rings. The third-order valence-corrected chi connectivity index (χ3v) is 7.20. The lowest BCUT2D eigenvalue weighted by Gasteiger charge is -2.31. The molecule has 1 atom stereocenters. The zero-order chi connectivity index (χ0) is 26.4. The molecule has 9 nitrogen and oxygen atoms in total. The van der Waals surface area contributed by atoms with Gasteiger partial charge in [0.05, 0.1) is 19.8 Å². The predicted molar refractivity (Wildman–Crippen MR) is 137 cm³/mol. The molecule has 0 bridgehead atoms. The van der Waals surface area contributed by atoms with Gasteiger partial charge in [-0.05, 0) is 42.5 Å². The first-order valence-corrected chi connectivity index (χ1v) is 12.6. The van der Waals surface area contributed by atoms with E-state index in [2.05, 4.69) is 33.9 Å². The van der Waals surface area contributed by atoms with E-state index >= 15 is 0 Å². The lowest BCUT2D eigenvalue weighted by Crippen LogP contribution is -2.45. The van der Waals surface area contributed by atoms with E-state index in [1.807, 2.05) is 6.07 Å². The summed E-state index contributed by atoms with van der Waals surface area (Å²) in [5.74, 6) is -0.820. The van der Waals surface area contributed by atoms with Crippen molar-refractivity contribution in [2.24, 2.45) is 5.73 Å². The van der Waals surface area contributed by atoms with Gasteiger partial charge in [-0.25, -0.2) is 0 Å². The number of esters is 1. The number of nitrogens with zero attached hydrogens (tertiary/aromatic N) is 2. The van der Waals surface area contributed by atoms with E-state index in [-0.39, 0.29) is 25.3 Å². The lowest BCUT2D eigenvalue weighted by atomic mass is 10.1. The smallest absolute Gasteiger partial charge is 0.305 e. The molecule has 9 heteroatoms. The van der Waals surface area contributed by atoms with Crippen molar-refractivity contribution in [3.05, 3.63) is 64.7 Å². The number of rotatable bonds is 11. The molecule has 2 heterocycles. The maximum Gasteiger partial charge on any atom is 0.305 e. The van der Waals surface area contributed by atoms with E-state index in [9.17, 15) is 14.4 Å². The summed E-state index contributed by atoms with van der Waals surface area (Å²) in [6.45, 7) is 3.54. The molecule has 2 amide bonds. The van der Waals surface area contributed by atoms with Gasteiger partial charge in [0.1, 0.15) is 18.4 Å². The fourth-order valence-electron chi connectivity index (χ4n) is 4.98. The Morgan fingerprint density at radius 1 is 1.05 bits per heavy atom. The van der Waals surface area contributed by atoms with Crippen molar-refractivity contribution < 1.29 is 28.6 Å². The van der Waals surface area contributed by atoms with Crippen LogP contribution in [-0.2, 0) is 38.8 Å². The number of piperidine rings is 1. The first kappa shape index (κ1) is 26.6. The lowest BCUT2D eigenvalue weighted by molar-refractivity contribution is -0.141. The molecule has 4 rings (SSSR count). The summed E-state index contributed by atoms with van der Waals surface area (Å²) in [7, 11) is 3.06. The van der Waals surface area contributed by atoms with Crippen LogP contribution >= 0.6 is 0 Å². The van der Waals surface area contributed by atoms with E-state index < -0.39 is 17.9 Å². The number of carbonyl (C=O) groups is 3. The van der Waals surface area contributed by atoms with Gasteiger partial charge in [0.15, 0.2) is 0 Å². The molecule has 2 aromatic rings. The number of methoxy groups -OCH3 is 2. The third kappa shape index (κ3) is 6.47. The van der Waals surface area contributed by atoms with Crippen LogP contribution < -0.4 is 10.5 Å². The van der Waals surface area contributed by atoms with E-state index in [1.54, 1.807) is 19.2 Å². The maximum atomic E-state index is 13.1. The number of fused-ring (bicyclic) bond motifs is 1. The van der Waals surface area contributed by atoms with Crippen LogP contribution in [0.4, 0.5) is 0 Å². The van der Waals surface area contributed by atoms with E-state index in [0.29, 0.717) is 29.6 Å².